The fourth-order valence-corrected chi connectivity index (χ4v) is 2.88. The van der Waals surface area contributed by atoms with Crippen LogP contribution in [-0.2, 0) is 0 Å². The monoisotopic (exact) mass is 299 g/mol. The first-order valence-corrected chi connectivity index (χ1v) is 7.77. The number of nitrogens with zero attached hydrogens (tertiary/aromatic N) is 1. The third kappa shape index (κ3) is 3.30. The molecule has 5 nitrogen and oxygen atoms in total. The number of amides is 1. The Morgan fingerprint density at radius 2 is 2.09 bits per heavy atom. The molecule has 1 heterocycles. The van der Waals surface area contributed by atoms with Crippen LogP contribution in [-0.4, -0.2) is 29.3 Å². The van der Waals surface area contributed by atoms with Gasteiger partial charge in [0, 0.05) is 11.6 Å². The molecule has 3 rings (SSSR count). The quantitative estimate of drug-likeness (QED) is 0.911. The van der Waals surface area contributed by atoms with Gasteiger partial charge in [0.2, 0.25) is 0 Å². The largest absolute Gasteiger partial charge is 0.497 e. The molecule has 0 spiro atoms. The van der Waals surface area contributed by atoms with Crippen LogP contribution in [0.2, 0.25) is 0 Å². The molecule has 2 aromatic rings. The van der Waals surface area contributed by atoms with E-state index in [-0.39, 0.29) is 5.91 Å². The lowest BCUT2D eigenvalue weighted by Crippen LogP contribution is -2.36. The summed E-state index contributed by atoms with van der Waals surface area (Å²) in [6.07, 6.45) is 5.81. The molecule has 1 aromatic heterocycles. The van der Waals surface area contributed by atoms with E-state index in [9.17, 15) is 4.79 Å². The number of H-pyrrole nitrogens is 1. The fourth-order valence-electron chi connectivity index (χ4n) is 2.88. The van der Waals surface area contributed by atoms with Gasteiger partial charge in [0.1, 0.15) is 11.4 Å². The Hall–Kier alpha value is -2.30. The van der Waals surface area contributed by atoms with Crippen LogP contribution in [0.5, 0.6) is 5.75 Å². The van der Waals surface area contributed by atoms with E-state index in [0.29, 0.717) is 11.7 Å². The first-order valence-electron chi connectivity index (χ1n) is 7.77. The van der Waals surface area contributed by atoms with E-state index in [1.807, 2.05) is 24.3 Å². The average Bonchev–Trinajstić information content (AvgIpc) is 3.06. The molecule has 0 bridgehead atoms. The van der Waals surface area contributed by atoms with E-state index in [0.717, 1.165) is 29.8 Å². The summed E-state index contributed by atoms with van der Waals surface area (Å²) >= 11 is 0. The van der Waals surface area contributed by atoms with Gasteiger partial charge >= 0.3 is 0 Å². The van der Waals surface area contributed by atoms with Crippen molar-refractivity contribution in [2.45, 2.75) is 38.1 Å². The molecule has 1 saturated carbocycles. The second-order valence-electron chi connectivity index (χ2n) is 5.71. The summed E-state index contributed by atoms with van der Waals surface area (Å²) < 4.78 is 5.21. The maximum atomic E-state index is 12.3. The molecule has 1 aromatic carbocycles. The van der Waals surface area contributed by atoms with Gasteiger partial charge in [0.15, 0.2) is 0 Å². The number of rotatable bonds is 4. The maximum absolute atomic E-state index is 12.3. The number of carbonyl (C=O) groups is 1. The predicted octanol–water partition coefficient (Wildman–Crippen LogP) is 3.15. The highest BCUT2D eigenvalue weighted by Crippen LogP contribution is 2.23. The zero-order valence-electron chi connectivity index (χ0n) is 12.8. The molecule has 1 amide bonds. The molecule has 0 aliphatic heterocycles. The number of hydrogen-bond acceptors (Lipinski definition) is 3. The lowest BCUT2D eigenvalue weighted by Gasteiger charge is -2.22. The van der Waals surface area contributed by atoms with Crippen molar-refractivity contribution in [2.75, 3.05) is 7.11 Å². The van der Waals surface area contributed by atoms with E-state index in [1.54, 1.807) is 13.2 Å². The summed E-state index contributed by atoms with van der Waals surface area (Å²) in [6.45, 7) is 0. The van der Waals surface area contributed by atoms with E-state index in [4.69, 9.17) is 4.74 Å². The van der Waals surface area contributed by atoms with Crippen molar-refractivity contribution in [1.29, 1.82) is 0 Å². The molecule has 0 atom stereocenters. The molecule has 2 N–H and O–H groups in total. The normalized spacial score (nSPS) is 15.5. The number of methoxy groups -OCH3 is 1. The van der Waals surface area contributed by atoms with Crippen LogP contribution in [0.1, 0.15) is 42.6 Å². The SMILES string of the molecule is COc1cccc(-c2cc(C(=O)NC3CCCCC3)[nH]n2)c1. The van der Waals surface area contributed by atoms with E-state index < -0.39 is 0 Å². The molecule has 1 aliphatic carbocycles. The van der Waals surface area contributed by atoms with Crippen LogP contribution < -0.4 is 10.1 Å². The zero-order valence-corrected chi connectivity index (χ0v) is 12.8. The Kier molecular flexibility index (Phi) is 4.42. The minimum atomic E-state index is -0.0754. The molecule has 5 heteroatoms. The Morgan fingerprint density at radius 3 is 2.86 bits per heavy atom. The smallest absolute Gasteiger partial charge is 0.269 e. The number of ether oxygens (including phenoxy) is 1. The highest BCUT2D eigenvalue weighted by molar-refractivity contribution is 5.93. The third-order valence-corrected chi connectivity index (χ3v) is 4.13. The summed E-state index contributed by atoms with van der Waals surface area (Å²) in [5, 5.41) is 10.2. The van der Waals surface area contributed by atoms with Crippen molar-refractivity contribution in [1.82, 2.24) is 15.5 Å². The van der Waals surface area contributed by atoms with E-state index in [2.05, 4.69) is 15.5 Å². The van der Waals surface area contributed by atoms with Crippen LogP contribution in [0.25, 0.3) is 11.3 Å². The number of nitrogens with one attached hydrogen (secondary N) is 2. The van der Waals surface area contributed by atoms with Crippen LogP contribution in [0, 0.1) is 0 Å². The van der Waals surface area contributed by atoms with Crippen molar-refractivity contribution >= 4 is 5.91 Å². The Balaban J connectivity index is 1.70. The predicted molar refractivity (Wildman–Crippen MR) is 84.9 cm³/mol. The summed E-state index contributed by atoms with van der Waals surface area (Å²) in [5.74, 6) is 0.697. The van der Waals surface area contributed by atoms with Gasteiger partial charge in [0.25, 0.3) is 5.91 Å². The highest BCUT2D eigenvalue weighted by atomic mass is 16.5. The standard InChI is InChI=1S/C17H21N3O2/c1-22-14-9-5-6-12(10-14)15-11-16(20-19-15)17(21)18-13-7-3-2-4-8-13/h5-6,9-11,13H,2-4,7-8H2,1H3,(H,18,21)(H,19,20). The molecular weight excluding hydrogens is 278 g/mol. The summed E-state index contributed by atoms with van der Waals surface area (Å²) in [6, 6.07) is 9.72. The van der Waals surface area contributed by atoms with Crippen LogP contribution in [0.4, 0.5) is 0 Å². The molecule has 22 heavy (non-hydrogen) atoms. The number of aromatic nitrogens is 2. The number of carbonyl (C=O) groups excluding carboxylic acids is 1. The number of benzene rings is 1. The molecule has 0 saturated heterocycles. The van der Waals surface area contributed by atoms with Crippen molar-refractivity contribution in [3.63, 3.8) is 0 Å². The van der Waals surface area contributed by atoms with Crippen molar-refractivity contribution in [3.05, 3.63) is 36.0 Å². The van der Waals surface area contributed by atoms with E-state index >= 15 is 0 Å². The van der Waals surface area contributed by atoms with Crippen LogP contribution in [0.3, 0.4) is 0 Å². The Labute approximate surface area is 130 Å². The van der Waals surface area contributed by atoms with Gasteiger partial charge < -0.3 is 10.1 Å². The second-order valence-corrected chi connectivity index (χ2v) is 5.71. The van der Waals surface area contributed by atoms with Crippen LogP contribution in [0.15, 0.2) is 30.3 Å². The minimum Gasteiger partial charge on any atom is -0.497 e. The molecule has 0 radical (unpaired) electrons. The highest BCUT2D eigenvalue weighted by Gasteiger charge is 2.18. The topological polar surface area (TPSA) is 67.0 Å². The fraction of sp³-hybridized carbons (Fsp3) is 0.412. The van der Waals surface area contributed by atoms with Crippen molar-refractivity contribution < 1.29 is 9.53 Å². The average molecular weight is 299 g/mol. The van der Waals surface area contributed by atoms with Gasteiger partial charge in [-0.15, -0.1) is 0 Å². The molecule has 0 unspecified atom stereocenters. The van der Waals surface area contributed by atoms with Gasteiger partial charge in [-0.25, -0.2) is 0 Å². The van der Waals surface area contributed by atoms with Gasteiger partial charge in [-0.1, -0.05) is 31.4 Å². The number of aromatic amines is 1. The summed E-state index contributed by atoms with van der Waals surface area (Å²) in [5.41, 5.74) is 2.17. The lowest BCUT2D eigenvalue weighted by atomic mass is 9.95. The van der Waals surface area contributed by atoms with Crippen molar-refractivity contribution in [3.8, 4) is 17.0 Å². The first-order chi connectivity index (χ1) is 10.8. The van der Waals surface area contributed by atoms with E-state index in [1.165, 1.54) is 19.3 Å². The molecule has 1 fully saturated rings. The zero-order chi connectivity index (χ0) is 15.4. The number of hydrogen-bond donors (Lipinski definition) is 2. The lowest BCUT2D eigenvalue weighted by molar-refractivity contribution is 0.0922. The van der Waals surface area contributed by atoms with Gasteiger partial charge in [-0.2, -0.15) is 5.10 Å². The maximum Gasteiger partial charge on any atom is 0.269 e. The Morgan fingerprint density at radius 1 is 1.27 bits per heavy atom. The molecule has 116 valence electrons. The van der Waals surface area contributed by atoms with Gasteiger partial charge in [0.05, 0.1) is 12.8 Å². The molecular formula is C17H21N3O2. The third-order valence-electron chi connectivity index (χ3n) is 4.13. The summed E-state index contributed by atoms with van der Waals surface area (Å²) in [4.78, 5) is 12.3. The first kappa shape index (κ1) is 14.6. The minimum absolute atomic E-state index is 0.0754. The van der Waals surface area contributed by atoms with Crippen LogP contribution >= 0.6 is 0 Å². The van der Waals surface area contributed by atoms with Crippen molar-refractivity contribution in [2.24, 2.45) is 0 Å². The Bertz CT molecular complexity index is 645. The summed E-state index contributed by atoms with van der Waals surface area (Å²) in [7, 11) is 1.63. The second kappa shape index (κ2) is 6.64. The molecule has 1 aliphatic rings. The van der Waals surface area contributed by atoms with Gasteiger partial charge in [-0.3, -0.25) is 9.89 Å². The van der Waals surface area contributed by atoms with Gasteiger partial charge in [-0.05, 0) is 31.0 Å².